The van der Waals surface area contributed by atoms with Crippen molar-refractivity contribution in [3.05, 3.63) is 35.6 Å². The Labute approximate surface area is 114 Å². The number of benzene rings is 1. The van der Waals surface area contributed by atoms with Crippen LogP contribution in [-0.4, -0.2) is 40.3 Å². The zero-order valence-corrected chi connectivity index (χ0v) is 11.9. The van der Waals surface area contributed by atoms with E-state index >= 15 is 0 Å². The lowest BCUT2D eigenvalue weighted by Crippen LogP contribution is -2.39. The summed E-state index contributed by atoms with van der Waals surface area (Å²) in [6.07, 6.45) is -0.153. The van der Waals surface area contributed by atoms with E-state index < -0.39 is 11.7 Å². The molecule has 0 aromatic heterocycles. The summed E-state index contributed by atoms with van der Waals surface area (Å²) in [4.78, 5) is 2.07. The lowest BCUT2D eigenvalue weighted by atomic mass is 10.1. The monoisotopic (exact) mass is 269 g/mol. The molecule has 0 aliphatic heterocycles. The number of halogens is 1. The third kappa shape index (κ3) is 6.14. The second kappa shape index (κ2) is 6.98. The molecule has 0 amide bonds. The van der Waals surface area contributed by atoms with Gasteiger partial charge in [-0.3, -0.25) is 0 Å². The molecule has 0 spiro atoms. The van der Waals surface area contributed by atoms with E-state index in [1.54, 1.807) is 26.0 Å². The molecule has 0 saturated carbocycles. The highest BCUT2D eigenvalue weighted by Crippen LogP contribution is 2.18. The van der Waals surface area contributed by atoms with Crippen LogP contribution in [0.15, 0.2) is 24.3 Å². The molecule has 19 heavy (non-hydrogen) atoms. The van der Waals surface area contributed by atoms with E-state index in [-0.39, 0.29) is 5.82 Å². The fourth-order valence-electron chi connectivity index (χ4n) is 2.08. The van der Waals surface area contributed by atoms with Crippen molar-refractivity contribution in [2.75, 3.05) is 19.6 Å². The lowest BCUT2D eigenvalue weighted by Gasteiger charge is -2.28. The van der Waals surface area contributed by atoms with Crippen LogP contribution in [-0.2, 0) is 0 Å². The summed E-state index contributed by atoms with van der Waals surface area (Å²) in [5.41, 5.74) is -0.154. The summed E-state index contributed by atoms with van der Waals surface area (Å²) in [5, 5.41) is 19.8. The van der Waals surface area contributed by atoms with E-state index in [9.17, 15) is 14.6 Å². The van der Waals surface area contributed by atoms with Crippen molar-refractivity contribution in [1.29, 1.82) is 0 Å². The SMILES string of the molecule is CCN(CCC(O)c1cccc(F)c1)CC(C)(C)O. The number of aliphatic hydroxyl groups is 2. The van der Waals surface area contributed by atoms with Gasteiger partial charge in [0.25, 0.3) is 0 Å². The van der Waals surface area contributed by atoms with E-state index in [0.29, 0.717) is 25.1 Å². The fraction of sp³-hybridized carbons (Fsp3) is 0.600. The normalized spacial score (nSPS) is 13.8. The molecule has 0 fully saturated rings. The van der Waals surface area contributed by atoms with Gasteiger partial charge in [0.2, 0.25) is 0 Å². The average Bonchev–Trinajstić information content (AvgIpc) is 2.32. The van der Waals surface area contributed by atoms with E-state index in [1.807, 2.05) is 6.92 Å². The number of rotatable bonds is 7. The fourth-order valence-corrected chi connectivity index (χ4v) is 2.08. The summed E-state index contributed by atoms with van der Waals surface area (Å²) in [5.74, 6) is -0.333. The van der Waals surface area contributed by atoms with Gasteiger partial charge >= 0.3 is 0 Å². The summed E-state index contributed by atoms with van der Waals surface area (Å²) < 4.78 is 13.1. The molecule has 0 heterocycles. The van der Waals surface area contributed by atoms with Gasteiger partial charge in [0.1, 0.15) is 5.82 Å². The van der Waals surface area contributed by atoms with Gasteiger partial charge in [-0.1, -0.05) is 19.1 Å². The van der Waals surface area contributed by atoms with Crippen LogP contribution in [0.4, 0.5) is 4.39 Å². The molecule has 3 nitrogen and oxygen atoms in total. The van der Waals surface area contributed by atoms with Crippen LogP contribution in [0.2, 0.25) is 0 Å². The van der Waals surface area contributed by atoms with E-state index in [2.05, 4.69) is 4.90 Å². The molecule has 108 valence electrons. The molecule has 1 unspecified atom stereocenters. The van der Waals surface area contributed by atoms with E-state index in [0.717, 1.165) is 6.54 Å². The van der Waals surface area contributed by atoms with Gasteiger partial charge in [-0.05, 0) is 44.5 Å². The maximum absolute atomic E-state index is 13.1. The first-order valence-electron chi connectivity index (χ1n) is 6.70. The standard InChI is InChI=1S/C15H24FNO2/c1-4-17(11-15(2,3)19)9-8-14(18)12-6-5-7-13(16)10-12/h5-7,10,14,18-19H,4,8-9,11H2,1-3H3. The first kappa shape index (κ1) is 16.1. The highest BCUT2D eigenvalue weighted by molar-refractivity contribution is 5.18. The van der Waals surface area contributed by atoms with Crippen molar-refractivity contribution in [2.45, 2.75) is 38.9 Å². The maximum Gasteiger partial charge on any atom is 0.123 e. The van der Waals surface area contributed by atoms with Crippen molar-refractivity contribution < 1.29 is 14.6 Å². The Morgan fingerprint density at radius 1 is 1.37 bits per heavy atom. The van der Waals surface area contributed by atoms with Crippen LogP contribution in [0.1, 0.15) is 38.9 Å². The molecule has 1 aromatic rings. The van der Waals surface area contributed by atoms with Gasteiger partial charge < -0.3 is 15.1 Å². The minimum absolute atomic E-state index is 0.333. The molecular formula is C15H24FNO2. The predicted octanol–water partition coefficient (Wildman–Crippen LogP) is 2.34. The Balaban J connectivity index is 2.50. The van der Waals surface area contributed by atoms with Crippen molar-refractivity contribution in [2.24, 2.45) is 0 Å². The third-order valence-corrected chi connectivity index (χ3v) is 3.01. The molecule has 0 aliphatic carbocycles. The first-order chi connectivity index (χ1) is 8.81. The molecule has 1 atom stereocenters. The van der Waals surface area contributed by atoms with Crippen molar-refractivity contribution in [3.63, 3.8) is 0 Å². The first-order valence-corrected chi connectivity index (χ1v) is 6.70. The van der Waals surface area contributed by atoms with Crippen molar-refractivity contribution in [3.8, 4) is 0 Å². The highest BCUT2D eigenvalue weighted by Gasteiger charge is 2.18. The molecular weight excluding hydrogens is 245 g/mol. The van der Waals surface area contributed by atoms with Gasteiger partial charge in [-0.15, -0.1) is 0 Å². The van der Waals surface area contributed by atoms with Gasteiger partial charge in [0.05, 0.1) is 11.7 Å². The Morgan fingerprint density at radius 2 is 2.05 bits per heavy atom. The van der Waals surface area contributed by atoms with Gasteiger partial charge in [-0.2, -0.15) is 0 Å². The quantitative estimate of drug-likeness (QED) is 0.798. The van der Waals surface area contributed by atoms with Gasteiger partial charge in [0.15, 0.2) is 0 Å². The number of hydrogen-bond donors (Lipinski definition) is 2. The minimum Gasteiger partial charge on any atom is -0.389 e. The lowest BCUT2D eigenvalue weighted by molar-refractivity contribution is 0.0321. The highest BCUT2D eigenvalue weighted by atomic mass is 19.1. The third-order valence-electron chi connectivity index (χ3n) is 3.01. The predicted molar refractivity (Wildman–Crippen MR) is 74.4 cm³/mol. The van der Waals surface area contributed by atoms with Gasteiger partial charge in [-0.25, -0.2) is 4.39 Å². The summed E-state index contributed by atoms with van der Waals surface area (Å²) in [6, 6.07) is 6.04. The smallest absolute Gasteiger partial charge is 0.123 e. The number of hydrogen-bond acceptors (Lipinski definition) is 3. The minimum atomic E-state index is -0.750. The summed E-state index contributed by atoms with van der Waals surface area (Å²) in [7, 11) is 0. The van der Waals surface area contributed by atoms with Crippen LogP contribution < -0.4 is 0 Å². The second-order valence-corrected chi connectivity index (χ2v) is 5.54. The largest absolute Gasteiger partial charge is 0.389 e. The molecule has 0 aliphatic rings. The van der Waals surface area contributed by atoms with E-state index in [1.165, 1.54) is 12.1 Å². The van der Waals surface area contributed by atoms with Crippen LogP contribution in [0.5, 0.6) is 0 Å². The molecule has 0 bridgehead atoms. The Kier molecular flexibility index (Phi) is 5.91. The average molecular weight is 269 g/mol. The molecule has 4 heteroatoms. The topological polar surface area (TPSA) is 43.7 Å². The van der Waals surface area contributed by atoms with Crippen LogP contribution in [0, 0.1) is 5.82 Å². The number of aliphatic hydroxyl groups excluding tert-OH is 1. The number of nitrogens with zero attached hydrogens (tertiary/aromatic N) is 1. The Bertz CT molecular complexity index is 390. The number of likely N-dealkylation sites (N-methyl/N-ethyl adjacent to an activating group) is 1. The van der Waals surface area contributed by atoms with Gasteiger partial charge in [0, 0.05) is 13.1 Å². The molecule has 1 aromatic carbocycles. The van der Waals surface area contributed by atoms with Crippen molar-refractivity contribution >= 4 is 0 Å². The zero-order chi connectivity index (χ0) is 14.5. The molecule has 2 N–H and O–H groups in total. The molecule has 1 rings (SSSR count). The summed E-state index contributed by atoms with van der Waals surface area (Å²) in [6.45, 7) is 7.56. The van der Waals surface area contributed by atoms with E-state index in [4.69, 9.17) is 0 Å². The maximum atomic E-state index is 13.1. The second-order valence-electron chi connectivity index (χ2n) is 5.54. The molecule has 0 radical (unpaired) electrons. The van der Waals surface area contributed by atoms with Crippen LogP contribution in [0.3, 0.4) is 0 Å². The Hall–Kier alpha value is -0.970. The Morgan fingerprint density at radius 3 is 2.58 bits per heavy atom. The summed E-state index contributed by atoms with van der Waals surface area (Å²) >= 11 is 0. The zero-order valence-electron chi connectivity index (χ0n) is 11.9. The van der Waals surface area contributed by atoms with Crippen LogP contribution >= 0.6 is 0 Å². The van der Waals surface area contributed by atoms with Crippen molar-refractivity contribution in [1.82, 2.24) is 4.90 Å². The molecule has 0 saturated heterocycles. The van der Waals surface area contributed by atoms with Crippen LogP contribution in [0.25, 0.3) is 0 Å².